The third-order valence-electron chi connectivity index (χ3n) is 4.96. The van der Waals surface area contributed by atoms with Crippen molar-refractivity contribution >= 4 is 0 Å². The van der Waals surface area contributed by atoms with Crippen LogP contribution >= 0.6 is 0 Å². The van der Waals surface area contributed by atoms with Gasteiger partial charge in [0, 0.05) is 18.2 Å². The summed E-state index contributed by atoms with van der Waals surface area (Å²) >= 11 is 0. The number of hydrogen-bond donors (Lipinski definition) is 1. The van der Waals surface area contributed by atoms with Crippen molar-refractivity contribution in [3.8, 4) is 0 Å². The van der Waals surface area contributed by atoms with Crippen LogP contribution in [0.1, 0.15) is 37.4 Å². The average molecular weight is 310 g/mol. The molecule has 1 atom stereocenters. The first-order valence-corrected chi connectivity index (χ1v) is 8.23. The molecule has 1 unspecified atom stereocenters. The number of hydrogen-bond acceptors (Lipinski definition) is 3. The predicted octanol–water partition coefficient (Wildman–Crippen LogP) is 2.56. The fraction of sp³-hybridized carbons (Fsp3) is 0.647. The lowest BCUT2D eigenvalue weighted by Crippen LogP contribution is -2.44. The van der Waals surface area contributed by atoms with Gasteiger partial charge in [-0.05, 0) is 70.1 Å². The van der Waals surface area contributed by atoms with Gasteiger partial charge < -0.3 is 14.9 Å². The van der Waals surface area contributed by atoms with Crippen LogP contribution in [0.25, 0.3) is 0 Å². The number of aliphatic hydroxyl groups is 1. The summed E-state index contributed by atoms with van der Waals surface area (Å²) in [7, 11) is 0. The Labute approximate surface area is 130 Å². The monoisotopic (exact) mass is 310 g/mol. The van der Waals surface area contributed by atoms with E-state index in [1.165, 1.54) is 25.9 Å². The van der Waals surface area contributed by atoms with Crippen molar-refractivity contribution in [3.05, 3.63) is 35.4 Å². The van der Waals surface area contributed by atoms with Crippen molar-refractivity contribution in [1.29, 1.82) is 0 Å². The highest BCUT2D eigenvalue weighted by atomic mass is 19.1. The highest BCUT2D eigenvalue weighted by Crippen LogP contribution is 2.24. The molecule has 2 aliphatic rings. The lowest BCUT2D eigenvalue weighted by molar-refractivity contribution is 0.0721. The molecule has 0 aromatic heterocycles. The number of nitrogens with zero attached hydrogens (tertiary/aromatic N) is 2. The lowest BCUT2D eigenvalue weighted by Gasteiger charge is -2.37. The summed E-state index contributed by atoms with van der Waals surface area (Å²) in [5.41, 5.74) is 0.0571. The van der Waals surface area contributed by atoms with Crippen LogP contribution in [-0.4, -0.2) is 53.7 Å². The SMILES string of the molecule is OC(CN1CCC(N2CCCC2)CC1)c1cc(F)ccc1F. The lowest BCUT2D eigenvalue weighted by atomic mass is 10.0. The van der Waals surface area contributed by atoms with Gasteiger partial charge in [0.1, 0.15) is 11.6 Å². The Morgan fingerprint density at radius 2 is 1.77 bits per heavy atom. The van der Waals surface area contributed by atoms with Gasteiger partial charge in [0.15, 0.2) is 0 Å². The van der Waals surface area contributed by atoms with Gasteiger partial charge in [-0.25, -0.2) is 8.78 Å². The Morgan fingerprint density at radius 1 is 1.09 bits per heavy atom. The minimum absolute atomic E-state index is 0.0571. The molecule has 0 spiro atoms. The summed E-state index contributed by atoms with van der Waals surface area (Å²) in [5, 5.41) is 10.2. The fourth-order valence-electron chi connectivity index (χ4n) is 3.69. The zero-order valence-corrected chi connectivity index (χ0v) is 12.8. The minimum Gasteiger partial charge on any atom is -0.387 e. The fourth-order valence-corrected chi connectivity index (χ4v) is 3.69. The summed E-state index contributed by atoms with van der Waals surface area (Å²) in [6.07, 6.45) is 3.82. The first-order valence-electron chi connectivity index (χ1n) is 8.23. The minimum atomic E-state index is -0.973. The van der Waals surface area contributed by atoms with E-state index in [2.05, 4.69) is 9.80 Å². The molecule has 0 bridgehead atoms. The molecule has 1 N–H and O–H groups in total. The molecular formula is C17H24F2N2O. The third-order valence-corrected chi connectivity index (χ3v) is 4.96. The third kappa shape index (κ3) is 3.65. The highest BCUT2D eigenvalue weighted by Gasteiger charge is 2.27. The quantitative estimate of drug-likeness (QED) is 0.926. The Balaban J connectivity index is 1.52. The highest BCUT2D eigenvalue weighted by molar-refractivity contribution is 5.21. The van der Waals surface area contributed by atoms with Crippen LogP contribution in [0.2, 0.25) is 0 Å². The molecule has 1 aromatic rings. The smallest absolute Gasteiger partial charge is 0.129 e. The number of benzene rings is 1. The van der Waals surface area contributed by atoms with Crippen LogP contribution < -0.4 is 0 Å². The molecule has 0 saturated carbocycles. The standard InChI is InChI=1S/C17H24F2N2O/c18-13-3-4-16(19)15(11-13)17(22)12-20-9-5-14(6-10-20)21-7-1-2-8-21/h3-4,11,14,17,22H,1-2,5-10,12H2. The second-order valence-corrected chi connectivity index (χ2v) is 6.46. The van der Waals surface area contributed by atoms with Gasteiger partial charge in [0.25, 0.3) is 0 Å². The molecular weight excluding hydrogens is 286 g/mol. The molecule has 1 aromatic carbocycles. The maximum Gasteiger partial charge on any atom is 0.129 e. The van der Waals surface area contributed by atoms with E-state index in [1.54, 1.807) is 0 Å². The summed E-state index contributed by atoms with van der Waals surface area (Å²) in [6.45, 7) is 4.61. The molecule has 2 fully saturated rings. The summed E-state index contributed by atoms with van der Waals surface area (Å²) < 4.78 is 26.9. The van der Waals surface area contributed by atoms with Crippen LogP contribution in [0.4, 0.5) is 8.78 Å². The zero-order chi connectivity index (χ0) is 15.5. The van der Waals surface area contributed by atoms with E-state index in [9.17, 15) is 13.9 Å². The van der Waals surface area contributed by atoms with E-state index < -0.39 is 17.7 Å². The van der Waals surface area contributed by atoms with Crippen LogP contribution in [-0.2, 0) is 0 Å². The molecule has 3 rings (SSSR count). The van der Waals surface area contributed by atoms with Crippen molar-refractivity contribution in [1.82, 2.24) is 9.80 Å². The van der Waals surface area contributed by atoms with E-state index >= 15 is 0 Å². The van der Waals surface area contributed by atoms with Crippen molar-refractivity contribution in [2.24, 2.45) is 0 Å². The maximum atomic E-state index is 13.7. The van der Waals surface area contributed by atoms with Crippen molar-refractivity contribution < 1.29 is 13.9 Å². The maximum absolute atomic E-state index is 13.7. The molecule has 3 nitrogen and oxygen atoms in total. The van der Waals surface area contributed by atoms with E-state index in [0.29, 0.717) is 12.6 Å². The largest absolute Gasteiger partial charge is 0.387 e. The number of piperidine rings is 1. The number of likely N-dealkylation sites (tertiary alicyclic amines) is 2. The average Bonchev–Trinajstić information content (AvgIpc) is 3.05. The van der Waals surface area contributed by atoms with Crippen molar-refractivity contribution in [3.63, 3.8) is 0 Å². The van der Waals surface area contributed by atoms with Crippen LogP contribution in [0.15, 0.2) is 18.2 Å². The number of aliphatic hydroxyl groups excluding tert-OH is 1. The second-order valence-electron chi connectivity index (χ2n) is 6.46. The Hall–Kier alpha value is -1.04. The summed E-state index contributed by atoms with van der Waals surface area (Å²) in [4.78, 5) is 4.72. The van der Waals surface area contributed by atoms with Crippen LogP contribution in [0.5, 0.6) is 0 Å². The number of β-amino-alcohol motifs (C(OH)–C–C–N with tert-alkyl or cyclic N) is 1. The molecule has 0 radical (unpaired) electrons. The van der Waals surface area contributed by atoms with E-state index in [1.807, 2.05) is 0 Å². The topological polar surface area (TPSA) is 26.7 Å². The number of halogens is 2. The predicted molar refractivity (Wildman–Crippen MR) is 81.6 cm³/mol. The molecule has 122 valence electrons. The molecule has 2 aliphatic heterocycles. The van der Waals surface area contributed by atoms with Gasteiger partial charge in [0.2, 0.25) is 0 Å². The van der Waals surface area contributed by atoms with E-state index in [0.717, 1.165) is 44.1 Å². The normalized spacial score (nSPS) is 23.0. The summed E-state index contributed by atoms with van der Waals surface area (Å²) in [5.74, 6) is -1.05. The molecule has 0 aliphatic carbocycles. The van der Waals surface area contributed by atoms with Gasteiger partial charge >= 0.3 is 0 Å². The van der Waals surface area contributed by atoms with Gasteiger partial charge in [-0.2, -0.15) is 0 Å². The van der Waals surface area contributed by atoms with Crippen molar-refractivity contribution in [2.75, 3.05) is 32.7 Å². The van der Waals surface area contributed by atoms with E-state index in [-0.39, 0.29) is 5.56 Å². The zero-order valence-electron chi connectivity index (χ0n) is 12.8. The first kappa shape index (κ1) is 15.8. The van der Waals surface area contributed by atoms with Gasteiger partial charge in [-0.1, -0.05) is 0 Å². The molecule has 2 saturated heterocycles. The Morgan fingerprint density at radius 3 is 2.45 bits per heavy atom. The van der Waals surface area contributed by atoms with Gasteiger partial charge in [-0.15, -0.1) is 0 Å². The molecule has 2 heterocycles. The van der Waals surface area contributed by atoms with Gasteiger partial charge in [-0.3, -0.25) is 0 Å². The molecule has 22 heavy (non-hydrogen) atoms. The van der Waals surface area contributed by atoms with E-state index in [4.69, 9.17) is 0 Å². The van der Waals surface area contributed by atoms with Crippen LogP contribution in [0.3, 0.4) is 0 Å². The number of rotatable bonds is 4. The first-order chi connectivity index (χ1) is 10.6. The second kappa shape index (κ2) is 7.02. The Bertz CT molecular complexity index is 497. The van der Waals surface area contributed by atoms with Gasteiger partial charge in [0.05, 0.1) is 6.10 Å². The van der Waals surface area contributed by atoms with Crippen molar-refractivity contribution in [2.45, 2.75) is 37.8 Å². The summed E-state index contributed by atoms with van der Waals surface area (Å²) in [6, 6.07) is 3.90. The van der Waals surface area contributed by atoms with Crippen LogP contribution in [0, 0.1) is 11.6 Å². The Kier molecular flexibility index (Phi) is 5.06. The molecule has 0 amide bonds. The molecule has 5 heteroatoms.